The SMILES string of the molecule is CC1CCC1.CNC(=O)C(C)OCC1CCCC1. The Morgan fingerprint density at radius 2 is 1.78 bits per heavy atom. The summed E-state index contributed by atoms with van der Waals surface area (Å²) in [5, 5.41) is 2.58. The van der Waals surface area contributed by atoms with Crippen molar-refractivity contribution in [3.8, 4) is 0 Å². The standard InChI is InChI=1S/C10H19NO2.C5H10/c1-8(10(12)11-2)13-7-9-5-3-4-6-9;1-5-3-2-4-5/h8-9H,3-7H2,1-2H3,(H,11,12);5H,2-4H2,1H3. The molecular formula is C15H29NO2. The van der Waals surface area contributed by atoms with Crippen molar-refractivity contribution < 1.29 is 9.53 Å². The molecule has 1 unspecified atom stereocenters. The van der Waals surface area contributed by atoms with Gasteiger partial charge in [-0.15, -0.1) is 0 Å². The largest absolute Gasteiger partial charge is 0.368 e. The van der Waals surface area contributed by atoms with Crippen LogP contribution in [-0.2, 0) is 9.53 Å². The average Bonchev–Trinajstić information content (AvgIpc) is 2.86. The van der Waals surface area contributed by atoms with Crippen LogP contribution in [0.2, 0.25) is 0 Å². The molecule has 2 rings (SSSR count). The molecule has 0 spiro atoms. The molecule has 0 aromatic carbocycles. The number of hydrogen-bond donors (Lipinski definition) is 1. The molecule has 106 valence electrons. The number of carbonyl (C=O) groups excluding carboxylic acids is 1. The molecule has 0 aliphatic heterocycles. The van der Waals surface area contributed by atoms with Crippen molar-refractivity contribution in [3.05, 3.63) is 0 Å². The smallest absolute Gasteiger partial charge is 0.248 e. The van der Waals surface area contributed by atoms with E-state index < -0.39 is 0 Å². The van der Waals surface area contributed by atoms with Gasteiger partial charge in [-0.2, -0.15) is 0 Å². The lowest BCUT2D eigenvalue weighted by molar-refractivity contribution is -0.131. The molecule has 0 aromatic rings. The van der Waals surface area contributed by atoms with Gasteiger partial charge in [0.1, 0.15) is 6.10 Å². The molecule has 1 atom stereocenters. The minimum Gasteiger partial charge on any atom is -0.368 e. The lowest BCUT2D eigenvalue weighted by Crippen LogP contribution is -2.32. The van der Waals surface area contributed by atoms with Crippen molar-refractivity contribution in [1.29, 1.82) is 0 Å². The van der Waals surface area contributed by atoms with Crippen molar-refractivity contribution >= 4 is 5.91 Å². The van der Waals surface area contributed by atoms with E-state index in [0.29, 0.717) is 5.92 Å². The molecule has 18 heavy (non-hydrogen) atoms. The summed E-state index contributed by atoms with van der Waals surface area (Å²) in [5.74, 6) is 1.72. The second-order valence-electron chi connectivity index (χ2n) is 5.78. The van der Waals surface area contributed by atoms with Gasteiger partial charge in [-0.25, -0.2) is 0 Å². The first-order chi connectivity index (χ1) is 8.63. The number of rotatable bonds is 4. The van der Waals surface area contributed by atoms with Crippen molar-refractivity contribution in [1.82, 2.24) is 5.32 Å². The predicted molar refractivity (Wildman–Crippen MR) is 74.5 cm³/mol. The lowest BCUT2D eigenvalue weighted by Gasteiger charge is -2.18. The highest BCUT2D eigenvalue weighted by molar-refractivity contribution is 5.79. The first-order valence-electron chi connectivity index (χ1n) is 7.46. The van der Waals surface area contributed by atoms with E-state index in [2.05, 4.69) is 12.2 Å². The molecule has 1 amide bonds. The van der Waals surface area contributed by atoms with E-state index >= 15 is 0 Å². The molecule has 2 saturated carbocycles. The van der Waals surface area contributed by atoms with Crippen LogP contribution in [0.15, 0.2) is 0 Å². The fourth-order valence-electron chi connectivity index (χ4n) is 2.35. The summed E-state index contributed by atoms with van der Waals surface area (Å²) in [7, 11) is 1.64. The summed E-state index contributed by atoms with van der Waals surface area (Å²) in [6.07, 6.45) is 9.33. The van der Waals surface area contributed by atoms with Gasteiger partial charge in [-0.3, -0.25) is 4.79 Å². The van der Waals surface area contributed by atoms with Crippen molar-refractivity contribution in [2.24, 2.45) is 11.8 Å². The molecule has 3 heteroatoms. The minimum atomic E-state index is -0.300. The third kappa shape index (κ3) is 5.85. The summed E-state index contributed by atoms with van der Waals surface area (Å²) >= 11 is 0. The van der Waals surface area contributed by atoms with Crippen LogP contribution in [0.3, 0.4) is 0 Å². The first kappa shape index (κ1) is 15.5. The second-order valence-corrected chi connectivity index (χ2v) is 5.78. The molecule has 2 aliphatic rings. The third-order valence-corrected chi connectivity index (χ3v) is 4.07. The van der Waals surface area contributed by atoms with Crippen LogP contribution in [0.25, 0.3) is 0 Å². The van der Waals surface area contributed by atoms with Crippen LogP contribution in [0.1, 0.15) is 58.8 Å². The summed E-state index contributed by atoms with van der Waals surface area (Å²) < 4.78 is 5.47. The highest BCUT2D eigenvalue weighted by Crippen LogP contribution is 2.25. The zero-order valence-electron chi connectivity index (χ0n) is 12.2. The molecule has 0 radical (unpaired) electrons. The Balaban J connectivity index is 0.000000269. The highest BCUT2D eigenvalue weighted by Gasteiger charge is 2.18. The van der Waals surface area contributed by atoms with Gasteiger partial charge in [-0.1, -0.05) is 39.0 Å². The van der Waals surface area contributed by atoms with Gasteiger partial charge in [0.15, 0.2) is 0 Å². The van der Waals surface area contributed by atoms with Gasteiger partial charge in [0.05, 0.1) is 6.61 Å². The Hall–Kier alpha value is -0.570. The maximum Gasteiger partial charge on any atom is 0.248 e. The van der Waals surface area contributed by atoms with Crippen LogP contribution in [0.4, 0.5) is 0 Å². The Morgan fingerprint density at radius 1 is 1.22 bits per heavy atom. The number of nitrogens with one attached hydrogen (secondary N) is 1. The third-order valence-electron chi connectivity index (χ3n) is 4.07. The topological polar surface area (TPSA) is 38.3 Å². The van der Waals surface area contributed by atoms with Crippen LogP contribution >= 0.6 is 0 Å². The Morgan fingerprint density at radius 3 is 2.17 bits per heavy atom. The van der Waals surface area contributed by atoms with Crippen molar-refractivity contribution in [2.75, 3.05) is 13.7 Å². The second kappa shape index (κ2) is 8.52. The van der Waals surface area contributed by atoms with Crippen LogP contribution in [-0.4, -0.2) is 25.7 Å². The maximum atomic E-state index is 11.1. The van der Waals surface area contributed by atoms with E-state index in [1.807, 2.05) is 0 Å². The van der Waals surface area contributed by atoms with E-state index in [9.17, 15) is 4.79 Å². The quantitative estimate of drug-likeness (QED) is 0.838. The molecule has 2 aliphatic carbocycles. The van der Waals surface area contributed by atoms with Gasteiger partial charge < -0.3 is 10.1 Å². The summed E-state index contributed by atoms with van der Waals surface area (Å²) in [4.78, 5) is 11.1. The fourth-order valence-corrected chi connectivity index (χ4v) is 2.35. The monoisotopic (exact) mass is 255 g/mol. The summed E-state index contributed by atoms with van der Waals surface area (Å²) in [5.41, 5.74) is 0. The molecule has 1 N–H and O–H groups in total. The van der Waals surface area contributed by atoms with E-state index in [1.165, 1.54) is 44.9 Å². The van der Waals surface area contributed by atoms with Gasteiger partial charge >= 0.3 is 0 Å². The van der Waals surface area contributed by atoms with Gasteiger partial charge in [0.25, 0.3) is 0 Å². The lowest BCUT2D eigenvalue weighted by atomic mass is 9.88. The first-order valence-corrected chi connectivity index (χ1v) is 7.46. The van der Waals surface area contributed by atoms with E-state index in [0.717, 1.165) is 12.5 Å². The summed E-state index contributed by atoms with van der Waals surface area (Å²) in [6.45, 7) is 4.85. The van der Waals surface area contributed by atoms with Crippen molar-refractivity contribution in [3.63, 3.8) is 0 Å². The van der Waals surface area contributed by atoms with Crippen molar-refractivity contribution in [2.45, 2.75) is 64.9 Å². The number of hydrogen-bond acceptors (Lipinski definition) is 2. The Bertz CT molecular complexity index is 233. The minimum absolute atomic E-state index is 0.0296. The van der Waals surface area contributed by atoms with Crippen LogP contribution in [0, 0.1) is 11.8 Å². The van der Waals surface area contributed by atoms with E-state index in [4.69, 9.17) is 4.74 Å². The molecule has 3 nitrogen and oxygen atoms in total. The average molecular weight is 255 g/mol. The number of ether oxygens (including phenoxy) is 1. The van der Waals surface area contributed by atoms with E-state index in [-0.39, 0.29) is 12.0 Å². The van der Waals surface area contributed by atoms with Gasteiger partial charge in [-0.05, 0) is 31.6 Å². The Labute approximate surface area is 112 Å². The predicted octanol–water partition coefficient (Wildman–Crippen LogP) is 3.13. The molecule has 0 heterocycles. The fraction of sp³-hybridized carbons (Fsp3) is 0.933. The molecule has 0 bridgehead atoms. The van der Waals surface area contributed by atoms with Crippen LogP contribution in [0.5, 0.6) is 0 Å². The zero-order valence-corrected chi connectivity index (χ0v) is 12.2. The number of amides is 1. The maximum absolute atomic E-state index is 11.1. The van der Waals surface area contributed by atoms with Gasteiger partial charge in [0.2, 0.25) is 5.91 Å². The number of likely N-dealkylation sites (N-methyl/N-ethyl adjacent to an activating group) is 1. The van der Waals surface area contributed by atoms with E-state index in [1.54, 1.807) is 14.0 Å². The Kier molecular flexibility index (Phi) is 7.33. The van der Waals surface area contributed by atoms with Crippen LogP contribution < -0.4 is 5.32 Å². The number of carbonyl (C=O) groups is 1. The highest BCUT2D eigenvalue weighted by atomic mass is 16.5. The molecular weight excluding hydrogens is 226 g/mol. The van der Waals surface area contributed by atoms with Gasteiger partial charge in [0, 0.05) is 7.05 Å². The summed E-state index contributed by atoms with van der Waals surface area (Å²) in [6, 6.07) is 0. The zero-order chi connectivity index (χ0) is 13.4. The normalized spacial score (nSPS) is 21.7. The molecule has 0 aromatic heterocycles. The molecule has 2 fully saturated rings. The molecule has 0 saturated heterocycles.